The lowest BCUT2D eigenvalue weighted by atomic mass is 9.86. The highest BCUT2D eigenvalue weighted by Crippen LogP contribution is 2.41. The molecule has 38 heavy (non-hydrogen) atoms. The first-order valence-electron chi connectivity index (χ1n) is 12.6. The standard InChI is InChI=1S/C27H30ClN5O3S2/c1-38(34,35)13-12-29-11-9-18-5-7-21-24(14-18)37-27-25(21)26(31-17-32-27)33-19-6-8-23(22(28)15-19)36-16-20-4-2-3-10-30-20/h2-4,6,8,10,15,17-18,29H,5,7,9,11-14,16H2,1H3,(H,31,32,33). The minimum Gasteiger partial charge on any atom is -0.486 e. The van der Waals surface area contributed by atoms with E-state index in [-0.39, 0.29) is 5.75 Å². The van der Waals surface area contributed by atoms with Crippen LogP contribution in [0.4, 0.5) is 11.5 Å². The van der Waals surface area contributed by atoms with Crippen LogP contribution in [0.1, 0.15) is 29.0 Å². The van der Waals surface area contributed by atoms with Crippen molar-refractivity contribution in [2.24, 2.45) is 5.92 Å². The number of nitrogens with one attached hydrogen (secondary N) is 2. The van der Waals surface area contributed by atoms with Crippen molar-refractivity contribution in [3.63, 3.8) is 0 Å². The lowest BCUT2D eigenvalue weighted by Crippen LogP contribution is -2.26. The smallest absolute Gasteiger partial charge is 0.148 e. The molecule has 200 valence electrons. The highest BCUT2D eigenvalue weighted by atomic mass is 35.5. The van der Waals surface area contributed by atoms with E-state index < -0.39 is 9.84 Å². The van der Waals surface area contributed by atoms with Gasteiger partial charge in [-0.1, -0.05) is 17.7 Å². The monoisotopic (exact) mass is 571 g/mol. The Bertz CT molecular complexity index is 1510. The minimum atomic E-state index is -2.92. The number of fused-ring (bicyclic) bond motifs is 3. The number of halogens is 1. The second-order valence-corrected chi connectivity index (χ2v) is 13.3. The van der Waals surface area contributed by atoms with E-state index in [1.54, 1.807) is 23.9 Å². The van der Waals surface area contributed by atoms with Gasteiger partial charge in [-0.2, -0.15) is 0 Å². The number of pyridine rings is 1. The summed E-state index contributed by atoms with van der Waals surface area (Å²) in [5.41, 5.74) is 2.99. The van der Waals surface area contributed by atoms with Crippen molar-refractivity contribution in [3.05, 3.63) is 70.1 Å². The van der Waals surface area contributed by atoms with E-state index in [1.165, 1.54) is 16.7 Å². The molecule has 1 aliphatic carbocycles. The van der Waals surface area contributed by atoms with Crippen molar-refractivity contribution >= 4 is 54.5 Å². The highest BCUT2D eigenvalue weighted by molar-refractivity contribution is 7.90. The molecule has 0 saturated carbocycles. The average molecular weight is 572 g/mol. The molecular formula is C27H30ClN5O3S2. The number of rotatable bonds is 11. The van der Waals surface area contributed by atoms with Crippen molar-refractivity contribution in [1.29, 1.82) is 0 Å². The van der Waals surface area contributed by atoms with Crippen LogP contribution in [0.3, 0.4) is 0 Å². The first-order valence-corrected chi connectivity index (χ1v) is 15.8. The largest absolute Gasteiger partial charge is 0.486 e. The third kappa shape index (κ3) is 6.79. The zero-order valence-corrected chi connectivity index (χ0v) is 23.5. The average Bonchev–Trinajstić information content (AvgIpc) is 3.27. The van der Waals surface area contributed by atoms with Crippen LogP contribution >= 0.6 is 22.9 Å². The maximum Gasteiger partial charge on any atom is 0.148 e. The summed E-state index contributed by atoms with van der Waals surface area (Å²) in [6, 6.07) is 11.3. The Morgan fingerprint density at radius 2 is 2.05 bits per heavy atom. The number of anilines is 2. The van der Waals surface area contributed by atoms with Crippen molar-refractivity contribution in [2.45, 2.75) is 32.3 Å². The van der Waals surface area contributed by atoms with Crippen molar-refractivity contribution in [3.8, 4) is 5.75 Å². The molecule has 1 unspecified atom stereocenters. The molecule has 4 aromatic rings. The number of benzene rings is 1. The SMILES string of the molecule is CS(=O)(=O)CCNCCC1CCc2c(sc3ncnc(Nc4ccc(OCc5ccccn5)c(Cl)c4)c23)C1. The zero-order chi connectivity index (χ0) is 26.5. The summed E-state index contributed by atoms with van der Waals surface area (Å²) in [5, 5.41) is 8.31. The molecule has 1 atom stereocenters. The number of sulfone groups is 1. The fourth-order valence-corrected chi connectivity index (χ4v) is 6.73. The van der Waals surface area contributed by atoms with Crippen molar-refractivity contribution in [2.75, 3.05) is 30.4 Å². The molecule has 3 heterocycles. The van der Waals surface area contributed by atoms with E-state index in [0.29, 0.717) is 29.8 Å². The molecule has 0 amide bonds. The molecule has 0 fully saturated rings. The Morgan fingerprint density at radius 1 is 1.16 bits per heavy atom. The number of hydrogen-bond donors (Lipinski definition) is 2. The maximum absolute atomic E-state index is 11.3. The summed E-state index contributed by atoms with van der Waals surface area (Å²) in [6.45, 7) is 1.68. The van der Waals surface area contributed by atoms with Crippen molar-refractivity contribution in [1.82, 2.24) is 20.3 Å². The van der Waals surface area contributed by atoms with E-state index in [2.05, 4.69) is 25.6 Å². The van der Waals surface area contributed by atoms with Gasteiger partial charge in [-0.25, -0.2) is 18.4 Å². The minimum absolute atomic E-state index is 0.179. The summed E-state index contributed by atoms with van der Waals surface area (Å²) < 4.78 is 28.4. The lowest BCUT2D eigenvalue weighted by molar-refractivity contribution is 0.301. The number of thiophene rings is 1. The topological polar surface area (TPSA) is 106 Å². The van der Waals surface area contributed by atoms with Crippen LogP contribution in [0.15, 0.2) is 48.9 Å². The van der Waals surface area contributed by atoms with Gasteiger partial charge in [0.2, 0.25) is 0 Å². The first kappa shape index (κ1) is 26.8. The Kier molecular flexibility index (Phi) is 8.42. The number of ether oxygens (including phenoxy) is 1. The summed E-state index contributed by atoms with van der Waals surface area (Å²) >= 11 is 8.27. The van der Waals surface area contributed by atoms with Gasteiger partial charge >= 0.3 is 0 Å². The van der Waals surface area contributed by atoms with Crippen LogP contribution in [0.5, 0.6) is 5.75 Å². The number of hydrogen-bond acceptors (Lipinski definition) is 9. The van der Waals surface area contributed by atoms with Gasteiger partial charge in [-0.3, -0.25) is 4.98 Å². The molecule has 0 spiro atoms. The molecule has 0 radical (unpaired) electrons. The molecule has 5 rings (SSSR count). The van der Waals surface area contributed by atoms with Crippen LogP contribution in [-0.4, -0.2) is 48.5 Å². The van der Waals surface area contributed by atoms with Gasteiger partial charge < -0.3 is 15.4 Å². The normalized spacial score (nSPS) is 15.4. The predicted molar refractivity (Wildman–Crippen MR) is 153 cm³/mol. The first-order chi connectivity index (χ1) is 18.4. The Morgan fingerprint density at radius 3 is 2.84 bits per heavy atom. The molecule has 0 aliphatic heterocycles. The molecule has 2 N–H and O–H groups in total. The Labute approximate surface area is 231 Å². The van der Waals surface area contributed by atoms with Crippen LogP contribution in [0.2, 0.25) is 5.02 Å². The van der Waals surface area contributed by atoms with Crippen LogP contribution in [0.25, 0.3) is 10.2 Å². The Balaban J connectivity index is 1.24. The molecule has 11 heteroatoms. The lowest BCUT2D eigenvalue weighted by Gasteiger charge is -2.22. The van der Waals surface area contributed by atoms with Gasteiger partial charge in [0.05, 0.1) is 21.9 Å². The van der Waals surface area contributed by atoms with E-state index in [9.17, 15) is 8.42 Å². The quantitative estimate of drug-likeness (QED) is 0.237. The third-order valence-corrected chi connectivity index (χ3v) is 9.03. The van der Waals surface area contributed by atoms with Crippen molar-refractivity contribution < 1.29 is 13.2 Å². The van der Waals surface area contributed by atoms with Crippen LogP contribution in [0, 0.1) is 5.92 Å². The summed E-state index contributed by atoms with van der Waals surface area (Å²) in [7, 11) is -2.92. The predicted octanol–water partition coefficient (Wildman–Crippen LogP) is 5.19. The van der Waals surface area contributed by atoms with E-state index in [1.807, 2.05) is 36.4 Å². The number of nitrogens with zero attached hydrogens (tertiary/aromatic N) is 3. The molecule has 3 aromatic heterocycles. The number of aromatic nitrogens is 3. The fraction of sp³-hybridized carbons (Fsp3) is 0.370. The van der Waals surface area contributed by atoms with Gasteiger partial charge in [0, 0.05) is 29.6 Å². The summed E-state index contributed by atoms with van der Waals surface area (Å²) in [5.74, 6) is 2.13. The van der Waals surface area contributed by atoms with Crippen LogP contribution < -0.4 is 15.4 Å². The molecule has 1 aromatic carbocycles. The molecule has 0 saturated heterocycles. The van der Waals surface area contributed by atoms with Gasteiger partial charge in [-0.05, 0) is 74.0 Å². The second-order valence-electron chi connectivity index (χ2n) is 9.56. The molecule has 1 aliphatic rings. The highest BCUT2D eigenvalue weighted by Gasteiger charge is 2.25. The number of aryl methyl sites for hydroxylation is 1. The summed E-state index contributed by atoms with van der Waals surface area (Å²) in [4.78, 5) is 15.7. The van der Waals surface area contributed by atoms with Crippen LogP contribution in [-0.2, 0) is 29.3 Å². The second kappa shape index (κ2) is 11.9. The van der Waals surface area contributed by atoms with Gasteiger partial charge in [0.1, 0.15) is 39.2 Å². The third-order valence-electron chi connectivity index (χ3n) is 6.62. The zero-order valence-electron chi connectivity index (χ0n) is 21.1. The van der Waals surface area contributed by atoms with E-state index >= 15 is 0 Å². The van der Waals surface area contributed by atoms with Gasteiger partial charge in [-0.15, -0.1) is 11.3 Å². The Hall–Kier alpha value is -2.79. The summed E-state index contributed by atoms with van der Waals surface area (Å²) in [6.07, 6.45) is 8.72. The fourth-order valence-electron chi connectivity index (χ4n) is 4.68. The molecule has 8 nitrogen and oxygen atoms in total. The maximum atomic E-state index is 11.3. The molecule has 0 bridgehead atoms. The molecular weight excluding hydrogens is 542 g/mol. The van der Waals surface area contributed by atoms with Gasteiger partial charge in [0.25, 0.3) is 0 Å². The van der Waals surface area contributed by atoms with E-state index in [4.69, 9.17) is 16.3 Å². The van der Waals surface area contributed by atoms with E-state index in [0.717, 1.165) is 59.6 Å². The van der Waals surface area contributed by atoms with Gasteiger partial charge in [0.15, 0.2) is 0 Å².